The molecule has 1 aromatic rings. The van der Waals surface area contributed by atoms with Crippen LogP contribution in [0.3, 0.4) is 0 Å². The summed E-state index contributed by atoms with van der Waals surface area (Å²) >= 11 is 0. The Morgan fingerprint density at radius 2 is 1.87 bits per heavy atom. The third-order valence-electron chi connectivity index (χ3n) is 3.64. The Hall–Kier alpha value is -1.80. The second kappa shape index (κ2) is 6.37. The van der Waals surface area contributed by atoms with Gasteiger partial charge < -0.3 is 15.4 Å². The number of hydrogen-bond donors (Lipinski definition) is 1. The van der Waals surface area contributed by atoms with Gasteiger partial charge in [-0.05, 0) is 25.0 Å². The Bertz CT molecular complexity index is 543. The minimum atomic E-state index is -4.52. The maximum atomic E-state index is 12.8. The summed E-state index contributed by atoms with van der Waals surface area (Å²) in [4.78, 5) is 1.49. The van der Waals surface area contributed by atoms with Crippen LogP contribution in [0.4, 0.5) is 37.7 Å². The maximum absolute atomic E-state index is 12.8. The van der Waals surface area contributed by atoms with Crippen molar-refractivity contribution in [1.29, 1.82) is 0 Å². The standard InChI is InChI=1S/C14H16F6N2O/c15-13(16,17)8-23-12-6-10(3-4-11(12)21)22-5-1-2-9(7-22)14(18,19)20/h3-4,6,9H,1-2,5,7-8,21H2. The van der Waals surface area contributed by atoms with Gasteiger partial charge in [-0.2, -0.15) is 26.3 Å². The average Bonchev–Trinajstić information content (AvgIpc) is 2.45. The highest BCUT2D eigenvalue weighted by Crippen LogP contribution is 2.36. The normalized spacial score (nSPS) is 19.7. The molecule has 1 aliphatic heterocycles. The Kier molecular flexibility index (Phi) is 4.86. The molecule has 1 saturated heterocycles. The van der Waals surface area contributed by atoms with Crippen LogP contribution in [-0.2, 0) is 0 Å². The van der Waals surface area contributed by atoms with Crippen molar-refractivity contribution >= 4 is 11.4 Å². The zero-order chi connectivity index (χ0) is 17.3. The Labute approximate surface area is 129 Å². The van der Waals surface area contributed by atoms with E-state index < -0.39 is 24.9 Å². The minimum absolute atomic E-state index is 0.00220. The molecule has 1 fully saturated rings. The van der Waals surface area contributed by atoms with Crippen LogP contribution in [0, 0.1) is 5.92 Å². The van der Waals surface area contributed by atoms with Gasteiger partial charge in [-0.1, -0.05) is 0 Å². The first-order valence-electron chi connectivity index (χ1n) is 6.97. The van der Waals surface area contributed by atoms with E-state index in [0.29, 0.717) is 18.7 Å². The summed E-state index contributed by atoms with van der Waals surface area (Å²) in [6, 6.07) is 4.06. The van der Waals surface area contributed by atoms with Crippen molar-refractivity contribution in [1.82, 2.24) is 0 Å². The van der Waals surface area contributed by atoms with Crippen molar-refractivity contribution in [3.05, 3.63) is 18.2 Å². The number of hydrogen-bond acceptors (Lipinski definition) is 3. The van der Waals surface area contributed by atoms with E-state index in [2.05, 4.69) is 4.74 Å². The fourth-order valence-corrected chi connectivity index (χ4v) is 2.48. The monoisotopic (exact) mass is 342 g/mol. The van der Waals surface area contributed by atoms with Gasteiger partial charge in [-0.3, -0.25) is 0 Å². The molecule has 0 saturated carbocycles. The molecule has 130 valence electrons. The van der Waals surface area contributed by atoms with Gasteiger partial charge in [0.1, 0.15) is 5.75 Å². The Morgan fingerprint density at radius 3 is 2.48 bits per heavy atom. The van der Waals surface area contributed by atoms with Crippen LogP contribution in [0.1, 0.15) is 12.8 Å². The maximum Gasteiger partial charge on any atom is 0.422 e. The highest BCUT2D eigenvalue weighted by Gasteiger charge is 2.41. The van der Waals surface area contributed by atoms with Crippen molar-refractivity contribution in [3.8, 4) is 5.75 Å². The molecule has 0 bridgehead atoms. The number of alkyl halides is 6. The van der Waals surface area contributed by atoms with Crippen LogP contribution < -0.4 is 15.4 Å². The highest BCUT2D eigenvalue weighted by atomic mass is 19.4. The quantitative estimate of drug-likeness (QED) is 0.667. The van der Waals surface area contributed by atoms with E-state index in [1.807, 2.05) is 0 Å². The molecule has 1 aromatic carbocycles. The van der Waals surface area contributed by atoms with Gasteiger partial charge in [-0.25, -0.2) is 0 Å². The van der Waals surface area contributed by atoms with Crippen LogP contribution in [-0.4, -0.2) is 32.0 Å². The van der Waals surface area contributed by atoms with Crippen LogP contribution in [0.2, 0.25) is 0 Å². The molecule has 0 radical (unpaired) electrons. The molecule has 1 aliphatic rings. The van der Waals surface area contributed by atoms with Crippen LogP contribution >= 0.6 is 0 Å². The number of benzene rings is 1. The van der Waals surface area contributed by atoms with Crippen molar-refractivity contribution < 1.29 is 31.1 Å². The molecule has 1 heterocycles. The van der Waals surface area contributed by atoms with Crippen LogP contribution in [0.25, 0.3) is 0 Å². The predicted molar refractivity (Wildman–Crippen MR) is 73.4 cm³/mol. The number of piperidine rings is 1. The topological polar surface area (TPSA) is 38.5 Å². The largest absolute Gasteiger partial charge is 0.482 e. The van der Waals surface area contributed by atoms with E-state index in [1.54, 1.807) is 0 Å². The first-order valence-corrected chi connectivity index (χ1v) is 6.97. The third kappa shape index (κ3) is 4.84. The molecular formula is C14H16F6N2O. The van der Waals surface area contributed by atoms with E-state index in [9.17, 15) is 26.3 Å². The average molecular weight is 342 g/mol. The summed E-state index contributed by atoms with van der Waals surface area (Å²) in [5.41, 5.74) is 5.92. The first kappa shape index (κ1) is 17.6. The van der Waals surface area contributed by atoms with Gasteiger partial charge in [0, 0.05) is 24.8 Å². The van der Waals surface area contributed by atoms with Crippen LogP contribution in [0.15, 0.2) is 18.2 Å². The van der Waals surface area contributed by atoms with Gasteiger partial charge in [0.2, 0.25) is 0 Å². The Morgan fingerprint density at radius 1 is 1.17 bits per heavy atom. The fourth-order valence-electron chi connectivity index (χ4n) is 2.48. The molecule has 0 amide bonds. The number of anilines is 2. The summed E-state index contributed by atoms with van der Waals surface area (Å²) < 4.78 is 79.7. The highest BCUT2D eigenvalue weighted by molar-refractivity contribution is 5.62. The van der Waals surface area contributed by atoms with Gasteiger partial charge in [0.05, 0.1) is 11.6 Å². The zero-order valence-corrected chi connectivity index (χ0v) is 12.0. The molecule has 1 atom stereocenters. The first-order chi connectivity index (χ1) is 10.6. The van der Waals surface area contributed by atoms with E-state index in [4.69, 9.17) is 5.73 Å². The number of nitrogens with two attached hydrogens (primary N) is 1. The summed E-state index contributed by atoms with van der Waals surface area (Å²) in [5.74, 6) is -1.64. The predicted octanol–water partition coefficient (Wildman–Crippen LogP) is 3.99. The number of ether oxygens (including phenoxy) is 1. The second-order valence-corrected chi connectivity index (χ2v) is 5.45. The number of halogens is 6. The van der Waals surface area contributed by atoms with E-state index >= 15 is 0 Å². The second-order valence-electron chi connectivity index (χ2n) is 5.45. The Balaban J connectivity index is 2.13. The molecule has 23 heavy (non-hydrogen) atoms. The molecule has 2 rings (SSSR count). The van der Waals surface area contributed by atoms with Gasteiger partial charge >= 0.3 is 12.4 Å². The minimum Gasteiger partial charge on any atom is -0.482 e. The fraction of sp³-hybridized carbons (Fsp3) is 0.571. The van der Waals surface area contributed by atoms with Crippen molar-refractivity contribution in [2.75, 3.05) is 30.3 Å². The number of rotatable bonds is 3. The van der Waals surface area contributed by atoms with Crippen molar-refractivity contribution in [2.24, 2.45) is 5.92 Å². The lowest BCUT2D eigenvalue weighted by Gasteiger charge is -2.35. The molecular weight excluding hydrogens is 326 g/mol. The van der Waals surface area contributed by atoms with Crippen molar-refractivity contribution in [3.63, 3.8) is 0 Å². The zero-order valence-electron chi connectivity index (χ0n) is 12.0. The number of nitrogen functional groups attached to an aromatic ring is 1. The molecule has 0 spiro atoms. The summed E-state index contributed by atoms with van der Waals surface area (Å²) in [6.07, 6.45) is -8.41. The van der Waals surface area contributed by atoms with Gasteiger partial charge in [-0.15, -0.1) is 0 Å². The van der Waals surface area contributed by atoms with Crippen molar-refractivity contribution in [2.45, 2.75) is 25.2 Å². The molecule has 1 unspecified atom stereocenters. The molecule has 0 aliphatic carbocycles. The molecule has 9 heteroatoms. The molecule has 3 nitrogen and oxygen atoms in total. The van der Waals surface area contributed by atoms with E-state index in [-0.39, 0.29) is 24.4 Å². The van der Waals surface area contributed by atoms with E-state index in [1.165, 1.54) is 23.1 Å². The molecule has 2 N–H and O–H groups in total. The van der Waals surface area contributed by atoms with E-state index in [0.717, 1.165) is 0 Å². The summed E-state index contributed by atoms with van der Waals surface area (Å²) in [5, 5.41) is 0. The lowest BCUT2D eigenvalue weighted by molar-refractivity contribution is -0.176. The van der Waals surface area contributed by atoms with Gasteiger partial charge in [0.15, 0.2) is 6.61 Å². The lowest BCUT2D eigenvalue weighted by Crippen LogP contribution is -2.41. The smallest absolute Gasteiger partial charge is 0.422 e. The SMILES string of the molecule is Nc1ccc(N2CCCC(C(F)(F)F)C2)cc1OCC(F)(F)F. The van der Waals surface area contributed by atoms with Crippen LogP contribution in [0.5, 0.6) is 5.75 Å². The summed E-state index contributed by atoms with van der Waals surface area (Å²) in [6.45, 7) is -1.34. The third-order valence-corrected chi connectivity index (χ3v) is 3.64. The lowest BCUT2D eigenvalue weighted by atomic mass is 9.97. The number of nitrogens with zero attached hydrogens (tertiary/aromatic N) is 1. The summed E-state index contributed by atoms with van der Waals surface area (Å²) in [7, 11) is 0. The molecule has 0 aromatic heterocycles. The van der Waals surface area contributed by atoms with Gasteiger partial charge in [0.25, 0.3) is 0 Å².